The monoisotopic (exact) mass is 418 g/mol. The fraction of sp³-hybridized carbons (Fsp3) is 0.421. The van der Waals surface area contributed by atoms with Gasteiger partial charge in [-0.2, -0.15) is 0 Å². The lowest BCUT2D eigenvalue weighted by Crippen LogP contribution is -2.45. The van der Waals surface area contributed by atoms with Crippen molar-refractivity contribution in [1.82, 2.24) is 14.9 Å². The SMILES string of the molecule is CCc1nc(C(N)=O)c(Nc2cccc(S(C)(=O)=O)c2)nc1N1CCN(C)CC1. The standard InChI is InChI=1S/C19H26N6O3S/c1-4-15-19(25-10-8-24(2)9-11-25)23-18(16(22-15)17(20)26)21-13-6-5-7-14(12-13)29(3,27)28/h5-7,12H,4,8-11H2,1-3H3,(H2,20,26)(H,21,23). The van der Waals surface area contributed by atoms with E-state index in [1.165, 1.54) is 12.1 Å². The van der Waals surface area contributed by atoms with E-state index in [4.69, 9.17) is 5.73 Å². The van der Waals surface area contributed by atoms with Gasteiger partial charge < -0.3 is 20.9 Å². The number of carbonyl (C=O) groups is 1. The van der Waals surface area contributed by atoms with Crippen LogP contribution in [0.25, 0.3) is 0 Å². The summed E-state index contributed by atoms with van der Waals surface area (Å²) in [5.41, 5.74) is 6.76. The molecule has 0 radical (unpaired) electrons. The molecule has 1 aromatic heterocycles. The van der Waals surface area contributed by atoms with Crippen LogP contribution in [0.1, 0.15) is 23.1 Å². The second-order valence-corrected chi connectivity index (χ2v) is 9.14. The number of rotatable bonds is 6. The van der Waals surface area contributed by atoms with Crippen LogP contribution >= 0.6 is 0 Å². The van der Waals surface area contributed by atoms with Gasteiger partial charge in [0.2, 0.25) is 0 Å². The number of anilines is 3. The van der Waals surface area contributed by atoms with Crippen molar-refractivity contribution >= 4 is 33.1 Å². The third-order valence-electron chi connectivity index (χ3n) is 4.84. The van der Waals surface area contributed by atoms with Crippen LogP contribution in [0.5, 0.6) is 0 Å². The lowest BCUT2D eigenvalue weighted by atomic mass is 10.2. The summed E-state index contributed by atoms with van der Waals surface area (Å²) in [5, 5.41) is 3.03. The van der Waals surface area contributed by atoms with E-state index in [0.29, 0.717) is 23.6 Å². The Hall–Kier alpha value is -2.72. The maximum atomic E-state index is 12.0. The second kappa shape index (κ2) is 8.34. The minimum Gasteiger partial charge on any atom is -0.364 e. The number of sulfone groups is 1. The molecular formula is C19H26N6O3S. The molecule has 1 aliphatic rings. The van der Waals surface area contributed by atoms with E-state index in [1.54, 1.807) is 12.1 Å². The average Bonchev–Trinajstić information content (AvgIpc) is 2.67. The average molecular weight is 419 g/mol. The van der Waals surface area contributed by atoms with Crippen LogP contribution in [-0.2, 0) is 16.3 Å². The molecule has 3 N–H and O–H groups in total. The Morgan fingerprint density at radius 1 is 1.21 bits per heavy atom. The van der Waals surface area contributed by atoms with Crippen LogP contribution in [0.4, 0.5) is 17.3 Å². The number of hydrogen-bond donors (Lipinski definition) is 2. The number of benzene rings is 1. The molecule has 29 heavy (non-hydrogen) atoms. The Bertz CT molecular complexity index is 1020. The van der Waals surface area contributed by atoms with Gasteiger partial charge in [0.25, 0.3) is 5.91 Å². The summed E-state index contributed by atoms with van der Waals surface area (Å²) >= 11 is 0. The molecule has 156 valence electrons. The highest BCUT2D eigenvalue weighted by molar-refractivity contribution is 7.90. The molecular weight excluding hydrogens is 392 g/mol. The highest BCUT2D eigenvalue weighted by Crippen LogP contribution is 2.26. The van der Waals surface area contributed by atoms with E-state index in [9.17, 15) is 13.2 Å². The lowest BCUT2D eigenvalue weighted by molar-refractivity contribution is 0.0996. The molecule has 3 rings (SSSR count). The molecule has 1 amide bonds. The first-order valence-electron chi connectivity index (χ1n) is 9.40. The van der Waals surface area contributed by atoms with Crippen molar-refractivity contribution in [3.05, 3.63) is 35.7 Å². The molecule has 1 aliphatic heterocycles. The Morgan fingerprint density at radius 3 is 2.48 bits per heavy atom. The van der Waals surface area contributed by atoms with Crippen molar-refractivity contribution in [2.24, 2.45) is 5.73 Å². The maximum Gasteiger partial charge on any atom is 0.271 e. The largest absolute Gasteiger partial charge is 0.364 e. The van der Waals surface area contributed by atoms with E-state index in [2.05, 4.69) is 32.1 Å². The maximum absolute atomic E-state index is 12.0. The smallest absolute Gasteiger partial charge is 0.271 e. The first-order valence-corrected chi connectivity index (χ1v) is 11.3. The van der Waals surface area contributed by atoms with Crippen LogP contribution in [-0.4, -0.2) is 68.7 Å². The number of nitrogens with one attached hydrogen (secondary N) is 1. The van der Waals surface area contributed by atoms with E-state index in [-0.39, 0.29) is 16.4 Å². The van der Waals surface area contributed by atoms with Gasteiger partial charge in [-0.25, -0.2) is 18.4 Å². The Kier molecular flexibility index (Phi) is 6.04. The highest BCUT2D eigenvalue weighted by Gasteiger charge is 2.23. The number of hydrogen-bond acceptors (Lipinski definition) is 8. The first-order chi connectivity index (χ1) is 13.7. The predicted molar refractivity (Wildman–Crippen MR) is 112 cm³/mol. The number of amides is 1. The molecule has 0 atom stereocenters. The zero-order valence-corrected chi connectivity index (χ0v) is 17.7. The second-order valence-electron chi connectivity index (χ2n) is 7.12. The number of primary amides is 1. The number of nitrogens with two attached hydrogens (primary N) is 1. The van der Waals surface area contributed by atoms with Crippen LogP contribution in [0, 0.1) is 0 Å². The summed E-state index contributed by atoms with van der Waals surface area (Å²) in [4.78, 5) is 25.7. The Balaban J connectivity index is 2.03. The van der Waals surface area contributed by atoms with Gasteiger partial charge >= 0.3 is 0 Å². The van der Waals surface area contributed by atoms with Gasteiger partial charge in [-0.15, -0.1) is 0 Å². The summed E-state index contributed by atoms with van der Waals surface area (Å²) < 4.78 is 23.7. The molecule has 0 aliphatic carbocycles. The summed E-state index contributed by atoms with van der Waals surface area (Å²) in [7, 11) is -1.29. The van der Waals surface area contributed by atoms with E-state index in [0.717, 1.165) is 32.4 Å². The normalized spacial score (nSPS) is 15.3. The molecule has 0 bridgehead atoms. The van der Waals surface area contributed by atoms with Gasteiger partial charge in [0.1, 0.15) is 0 Å². The van der Waals surface area contributed by atoms with Crippen molar-refractivity contribution in [2.75, 3.05) is 49.7 Å². The molecule has 0 unspecified atom stereocenters. The molecule has 0 saturated carbocycles. The molecule has 2 heterocycles. The molecule has 0 spiro atoms. The number of likely N-dealkylation sites (N-methyl/N-ethyl adjacent to an activating group) is 1. The topological polar surface area (TPSA) is 122 Å². The Labute approximate surface area is 170 Å². The summed E-state index contributed by atoms with van der Waals surface area (Å²) in [6.07, 6.45) is 1.75. The van der Waals surface area contributed by atoms with Gasteiger partial charge in [0.15, 0.2) is 27.2 Å². The van der Waals surface area contributed by atoms with Crippen LogP contribution in [0.2, 0.25) is 0 Å². The third kappa shape index (κ3) is 4.83. The summed E-state index contributed by atoms with van der Waals surface area (Å²) in [6.45, 7) is 5.37. The van der Waals surface area contributed by atoms with Gasteiger partial charge in [-0.3, -0.25) is 4.79 Å². The third-order valence-corrected chi connectivity index (χ3v) is 5.95. The predicted octanol–water partition coefficient (Wildman–Crippen LogP) is 1.04. The van der Waals surface area contributed by atoms with Crippen molar-refractivity contribution in [3.8, 4) is 0 Å². The molecule has 2 aromatic rings. The molecule has 1 saturated heterocycles. The van der Waals surface area contributed by atoms with E-state index < -0.39 is 15.7 Å². The minimum atomic E-state index is -3.37. The fourth-order valence-corrected chi connectivity index (χ4v) is 3.84. The van der Waals surface area contributed by atoms with Gasteiger partial charge in [-0.1, -0.05) is 13.0 Å². The number of nitrogens with zero attached hydrogens (tertiary/aromatic N) is 4. The van der Waals surface area contributed by atoms with Gasteiger partial charge in [0.05, 0.1) is 10.6 Å². The molecule has 9 nitrogen and oxygen atoms in total. The highest BCUT2D eigenvalue weighted by atomic mass is 32.2. The van der Waals surface area contributed by atoms with Crippen molar-refractivity contribution in [3.63, 3.8) is 0 Å². The van der Waals surface area contributed by atoms with E-state index in [1.807, 2.05) is 6.92 Å². The van der Waals surface area contributed by atoms with Crippen molar-refractivity contribution in [1.29, 1.82) is 0 Å². The molecule has 1 aromatic carbocycles. The molecule has 10 heteroatoms. The summed E-state index contributed by atoms with van der Waals surface area (Å²) in [6, 6.07) is 6.32. The van der Waals surface area contributed by atoms with E-state index >= 15 is 0 Å². The zero-order valence-electron chi connectivity index (χ0n) is 16.8. The zero-order chi connectivity index (χ0) is 21.2. The van der Waals surface area contributed by atoms with Crippen molar-refractivity contribution in [2.45, 2.75) is 18.2 Å². The van der Waals surface area contributed by atoms with Crippen molar-refractivity contribution < 1.29 is 13.2 Å². The first kappa shape index (κ1) is 21.0. The lowest BCUT2D eigenvalue weighted by Gasteiger charge is -2.34. The van der Waals surface area contributed by atoms with Crippen LogP contribution in [0.3, 0.4) is 0 Å². The number of aromatic nitrogens is 2. The van der Waals surface area contributed by atoms with Gasteiger partial charge in [0, 0.05) is 38.1 Å². The number of aryl methyl sites for hydroxylation is 1. The summed E-state index contributed by atoms with van der Waals surface area (Å²) in [5.74, 6) is 0.237. The van der Waals surface area contributed by atoms with Crippen LogP contribution in [0.15, 0.2) is 29.2 Å². The van der Waals surface area contributed by atoms with Gasteiger partial charge in [-0.05, 0) is 31.7 Å². The fourth-order valence-electron chi connectivity index (χ4n) is 3.17. The number of carbonyl (C=O) groups excluding carboxylic acids is 1. The quantitative estimate of drug-likeness (QED) is 0.714. The number of piperazine rings is 1. The minimum absolute atomic E-state index is 0.0319. The Morgan fingerprint density at radius 2 is 1.90 bits per heavy atom. The van der Waals surface area contributed by atoms with Crippen LogP contribution < -0.4 is 16.0 Å². The molecule has 1 fully saturated rings.